The molecule has 0 saturated carbocycles. The zero-order valence-corrected chi connectivity index (χ0v) is 31.3. The minimum atomic E-state index is -0.430. The molecule has 0 radical (unpaired) electrons. The van der Waals surface area contributed by atoms with Crippen LogP contribution >= 0.6 is 0 Å². The van der Waals surface area contributed by atoms with E-state index in [2.05, 4.69) is 186 Å². The number of aromatic nitrogens is 1. The first-order chi connectivity index (χ1) is 28.7. The van der Waals surface area contributed by atoms with Gasteiger partial charge in [-0.3, -0.25) is 0 Å². The Balaban J connectivity index is 1.16. The van der Waals surface area contributed by atoms with Gasteiger partial charge >= 0.3 is 0 Å². The summed E-state index contributed by atoms with van der Waals surface area (Å²) < 4.78 is 9.28. The van der Waals surface area contributed by atoms with Gasteiger partial charge in [0.05, 0.1) is 22.3 Å². The van der Waals surface area contributed by atoms with Gasteiger partial charge in [-0.25, -0.2) is 9.98 Å². The van der Waals surface area contributed by atoms with Crippen LogP contribution in [0, 0.1) is 0 Å². The van der Waals surface area contributed by atoms with Crippen molar-refractivity contribution in [2.75, 3.05) is 0 Å². The fraction of sp³-hybridized carbons (Fsp3) is 0.0189. The van der Waals surface area contributed by atoms with Crippen molar-refractivity contribution in [1.29, 1.82) is 0 Å². The van der Waals surface area contributed by atoms with Crippen LogP contribution in [0.25, 0.3) is 82.1 Å². The van der Waals surface area contributed by atoms with Crippen LogP contribution in [0.15, 0.2) is 209 Å². The van der Waals surface area contributed by atoms with E-state index >= 15 is 0 Å². The van der Waals surface area contributed by atoms with Gasteiger partial charge in [-0.15, -0.1) is 0 Å². The van der Waals surface area contributed by atoms with Crippen molar-refractivity contribution in [1.82, 2.24) is 9.88 Å². The first kappa shape index (κ1) is 32.5. The third-order valence-corrected chi connectivity index (χ3v) is 11.7. The van der Waals surface area contributed by atoms with Crippen molar-refractivity contribution >= 4 is 77.0 Å². The Hall–Kier alpha value is -7.76. The molecule has 272 valence electrons. The third-order valence-electron chi connectivity index (χ3n) is 11.7. The summed E-state index contributed by atoms with van der Waals surface area (Å²) in [5.41, 5.74) is 9.96. The number of benzene rings is 9. The first-order valence-corrected chi connectivity index (χ1v) is 19.7. The highest BCUT2D eigenvalue weighted by molar-refractivity contribution is 6.24. The zero-order valence-electron chi connectivity index (χ0n) is 31.3. The molecule has 0 saturated heterocycles. The highest BCUT2D eigenvalue weighted by Gasteiger charge is 2.28. The summed E-state index contributed by atoms with van der Waals surface area (Å²) in [5, 5.41) is 12.9. The second-order valence-corrected chi connectivity index (χ2v) is 15.0. The van der Waals surface area contributed by atoms with E-state index in [9.17, 15) is 0 Å². The van der Waals surface area contributed by atoms with E-state index < -0.39 is 6.17 Å². The Labute approximate surface area is 333 Å². The number of para-hydroxylation sites is 2. The molecule has 1 unspecified atom stereocenters. The molecule has 0 aliphatic carbocycles. The fourth-order valence-corrected chi connectivity index (χ4v) is 8.88. The first-order valence-electron chi connectivity index (χ1n) is 19.7. The maximum absolute atomic E-state index is 6.90. The van der Waals surface area contributed by atoms with Crippen molar-refractivity contribution in [3.05, 3.63) is 211 Å². The highest BCUT2D eigenvalue weighted by Crippen LogP contribution is 2.41. The van der Waals surface area contributed by atoms with Crippen LogP contribution in [0.2, 0.25) is 0 Å². The monoisotopic (exact) mass is 742 g/mol. The highest BCUT2D eigenvalue weighted by atomic mass is 16.3. The lowest BCUT2D eigenvalue weighted by atomic mass is 10.0. The van der Waals surface area contributed by atoms with E-state index in [1.807, 2.05) is 18.2 Å². The van der Waals surface area contributed by atoms with Crippen LogP contribution in [0.4, 0.5) is 0 Å². The average Bonchev–Trinajstić information content (AvgIpc) is 3.83. The van der Waals surface area contributed by atoms with Gasteiger partial charge in [-0.05, 0) is 74.6 Å². The smallest absolute Gasteiger partial charge is 0.165 e. The maximum Gasteiger partial charge on any atom is 0.165 e. The Morgan fingerprint density at radius 3 is 2.00 bits per heavy atom. The van der Waals surface area contributed by atoms with E-state index in [-0.39, 0.29) is 0 Å². The molecule has 0 bridgehead atoms. The number of furan rings is 1. The lowest BCUT2D eigenvalue weighted by Crippen LogP contribution is -2.34. The molecule has 2 aromatic heterocycles. The van der Waals surface area contributed by atoms with Gasteiger partial charge in [0.15, 0.2) is 5.84 Å². The second-order valence-electron chi connectivity index (χ2n) is 15.0. The summed E-state index contributed by atoms with van der Waals surface area (Å²) in [4.78, 5) is 11.0. The fourth-order valence-electron chi connectivity index (χ4n) is 8.88. The standard InChI is InChI=1S/C53H34N4O/c1-2-13-33(14-3-1)34-25-27-36(28-26-34)51-54-52(43-22-12-18-35-15-6-7-19-39(35)43)56-53(55-51)49-46(30-29-42-41-21-9-11-24-48(41)58-50(42)49)57-45-23-10-8-20-40(45)44-31-37-16-4-5-17-38(37)32-47(44)57/h1-32,51H,(H,54,55,56). The molecule has 1 atom stereocenters. The number of rotatable bonds is 5. The van der Waals surface area contributed by atoms with Gasteiger partial charge < -0.3 is 14.3 Å². The quantitative estimate of drug-likeness (QED) is 0.191. The Bertz CT molecular complexity index is 3480. The van der Waals surface area contributed by atoms with Crippen LogP contribution in [0.1, 0.15) is 22.9 Å². The van der Waals surface area contributed by atoms with Gasteiger partial charge in [-0.2, -0.15) is 0 Å². The summed E-state index contributed by atoms with van der Waals surface area (Å²) in [6.07, 6.45) is -0.430. The number of hydrogen-bond acceptors (Lipinski definition) is 4. The van der Waals surface area contributed by atoms with Crippen molar-refractivity contribution in [2.45, 2.75) is 6.17 Å². The SMILES string of the molecule is c1ccc(-c2ccc(C3N=C(c4c(-n5c6ccccc6c6cc7ccccc7cc65)ccc5c4oc4ccccc45)N=C(c4cccc5ccccc45)N3)cc2)cc1. The van der Waals surface area contributed by atoms with Crippen molar-refractivity contribution < 1.29 is 4.42 Å². The molecule has 11 aromatic rings. The maximum atomic E-state index is 6.90. The molecule has 9 aromatic carbocycles. The molecule has 12 rings (SSSR count). The molecule has 58 heavy (non-hydrogen) atoms. The molecular formula is C53H34N4O. The summed E-state index contributed by atoms with van der Waals surface area (Å²) in [5.74, 6) is 1.36. The molecule has 0 amide bonds. The predicted octanol–water partition coefficient (Wildman–Crippen LogP) is 13.2. The largest absolute Gasteiger partial charge is 0.455 e. The van der Waals surface area contributed by atoms with Crippen molar-refractivity contribution in [3.8, 4) is 16.8 Å². The molecule has 1 aliphatic rings. The minimum absolute atomic E-state index is 0.430. The lowest BCUT2D eigenvalue weighted by molar-refractivity contribution is 0.663. The topological polar surface area (TPSA) is 54.8 Å². The Morgan fingerprint density at radius 2 is 1.16 bits per heavy atom. The molecule has 5 nitrogen and oxygen atoms in total. The van der Waals surface area contributed by atoms with Gasteiger partial charge in [0, 0.05) is 27.1 Å². The van der Waals surface area contributed by atoms with Crippen molar-refractivity contribution in [2.24, 2.45) is 9.98 Å². The van der Waals surface area contributed by atoms with E-state index in [0.29, 0.717) is 5.84 Å². The third kappa shape index (κ3) is 5.10. The van der Waals surface area contributed by atoms with Gasteiger partial charge in [0.25, 0.3) is 0 Å². The number of nitrogens with one attached hydrogen (secondary N) is 1. The molecular weight excluding hydrogens is 709 g/mol. The summed E-state index contributed by atoms with van der Waals surface area (Å²) in [7, 11) is 0. The van der Waals surface area contributed by atoms with Gasteiger partial charge in [0.2, 0.25) is 0 Å². The van der Waals surface area contributed by atoms with Crippen LogP contribution in [-0.2, 0) is 0 Å². The molecule has 1 aliphatic heterocycles. The number of fused-ring (bicyclic) bond motifs is 8. The van der Waals surface area contributed by atoms with Gasteiger partial charge in [0.1, 0.15) is 23.2 Å². The van der Waals surface area contributed by atoms with E-state index in [1.165, 1.54) is 27.1 Å². The number of amidine groups is 2. The van der Waals surface area contributed by atoms with Crippen LogP contribution < -0.4 is 5.32 Å². The second kappa shape index (κ2) is 12.9. The van der Waals surface area contributed by atoms with Gasteiger partial charge in [-0.1, -0.05) is 158 Å². The average molecular weight is 743 g/mol. The van der Waals surface area contributed by atoms with E-state index in [4.69, 9.17) is 14.4 Å². The number of aliphatic imine (C=N–C) groups is 2. The molecule has 1 N–H and O–H groups in total. The minimum Gasteiger partial charge on any atom is -0.455 e. The molecule has 5 heteroatoms. The summed E-state index contributed by atoms with van der Waals surface area (Å²) in [6.45, 7) is 0. The van der Waals surface area contributed by atoms with Crippen LogP contribution in [-0.4, -0.2) is 16.2 Å². The Morgan fingerprint density at radius 1 is 0.483 bits per heavy atom. The van der Waals surface area contributed by atoms with E-state index in [1.54, 1.807) is 0 Å². The molecule has 0 fully saturated rings. The zero-order chi connectivity index (χ0) is 38.2. The predicted molar refractivity (Wildman–Crippen MR) is 240 cm³/mol. The van der Waals surface area contributed by atoms with E-state index in [0.717, 1.165) is 77.5 Å². The normalized spacial score (nSPS) is 14.4. The van der Waals surface area contributed by atoms with Crippen LogP contribution in [0.3, 0.4) is 0 Å². The number of nitrogens with zero attached hydrogens (tertiary/aromatic N) is 3. The lowest BCUT2D eigenvalue weighted by Gasteiger charge is -2.25. The van der Waals surface area contributed by atoms with Crippen molar-refractivity contribution in [3.63, 3.8) is 0 Å². The number of hydrogen-bond donors (Lipinski definition) is 1. The van der Waals surface area contributed by atoms with Crippen LogP contribution in [0.5, 0.6) is 0 Å². The summed E-state index contributed by atoms with van der Waals surface area (Å²) in [6, 6.07) is 68.6. The molecule has 0 spiro atoms. The summed E-state index contributed by atoms with van der Waals surface area (Å²) >= 11 is 0. The Kier molecular flexibility index (Phi) is 7.23. The molecule has 3 heterocycles.